The van der Waals surface area contributed by atoms with Crippen LogP contribution in [0.2, 0.25) is 5.02 Å². The molecular formula is C16H8ClF3N4O2. The number of aromatic amines is 1. The van der Waals surface area contributed by atoms with Gasteiger partial charge < -0.3 is 9.40 Å². The SMILES string of the molecule is O=c1cc(-c2cc(Cl)ccc2-n2cc(C(F)(F)F)nn2)c2occc2[nH]1. The molecule has 0 radical (unpaired) electrons. The highest BCUT2D eigenvalue weighted by atomic mass is 35.5. The number of furan rings is 1. The maximum Gasteiger partial charge on any atom is 0.436 e. The number of pyridine rings is 1. The lowest BCUT2D eigenvalue weighted by atomic mass is 10.0. The zero-order chi connectivity index (χ0) is 18.5. The molecule has 0 bridgehead atoms. The van der Waals surface area contributed by atoms with E-state index in [4.69, 9.17) is 16.0 Å². The molecule has 132 valence electrons. The summed E-state index contributed by atoms with van der Waals surface area (Å²) in [6, 6.07) is 7.36. The Bertz CT molecular complexity index is 1180. The van der Waals surface area contributed by atoms with Gasteiger partial charge in [0.2, 0.25) is 5.56 Å². The Kier molecular flexibility index (Phi) is 3.62. The first-order valence-electron chi connectivity index (χ1n) is 7.23. The van der Waals surface area contributed by atoms with E-state index in [1.165, 1.54) is 30.5 Å². The average molecular weight is 381 g/mol. The van der Waals surface area contributed by atoms with E-state index in [1.807, 2.05) is 0 Å². The standard InChI is InChI=1S/C16H8ClF3N4O2/c17-8-1-2-12(24-7-13(22-23-24)16(18,19)20)9(5-8)10-6-14(25)21-11-3-4-26-15(10)11/h1-7H,(H,21,25). The van der Waals surface area contributed by atoms with Gasteiger partial charge in [0.1, 0.15) is 0 Å². The number of alkyl halides is 3. The summed E-state index contributed by atoms with van der Waals surface area (Å²) < 4.78 is 44.9. The lowest BCUT2D eigenvalue weighted by Crippen LogP contribution is -2.06. The van der Waals surface area contributed by atoms with E-state index in [-0.39, 0.29) is 5.69 Å². The number of aromatic nitrogens is 4. The Morgan fingerprint density at radius 2 is 1.96 bits per heavy atom. The molecule has 6 nitrogen and oxygen atoms in total. The summed E-state index contributed by atoms with van der Waals surface area (Å²) >= 11 is 6.06. The first kappa shape index (κ1) is 16.4. The molecule has 0 unspecified atom stereocenters. The van der Waals surface area contributed by atoms with Gasteiger partial charge in [0.15, 0.2) is 11.3 Å². The van der Waals surface area contributed by atoms with E-state index in [0.717, 1.165) is 10.9 Å². The molecule has 0 fully saturated rings. The monoisotopic (exact) mass is 380 g/mol. The van der Waals surface area contributed by atoms with Crippen LogP contribution in [0.3, 0.4) is 0 Å². The van der Waals surface area contributed by atoms with Crippen molar-refractivity contribution in [1.82, 2.24) is 20.0 Å². The molecule has 0 saturated heterocycles. The number of hydrogen-bond acceptors (Lipinski definition) is 4. The number of nitrogens with one attached hydrogen (secondary N) is 1. The predicted molar refractivity (Wildman–Crippen MR) is 87.2 cm³/mol. The van der Waals surface area contributed by atoms with Gasteiger partial charge in [0.05, 0.1) is 23.7 Å². The van der Waals surface area contributed by atoms with Gasteiger partial charge in [0.25, 0.3) is 0 Å². The molecule has 0 aliphatic carbocycles. The fraction of sp³-hybridized carbons (Fsp3) is 0.0625. The fourth-order valence-corrected chi connectivity index (χ4v) is 2.79. The number of nitrogens with zero attached hydrogens (tertiary/aromatic N) is 3. The Labute approximate surface area is 147 Å². The molecule has 1 aromatic carbocycles. The molecule has 0 saturated carbocycles. The molecular weight excluding hydrogens is 373 g/mol. The zero-order valence-electron chi connectivity index (χ0n) is 12.7. The third-order valence-electron chi connectivity index (χ3n) is 3.72. The number of rotatable bonds is 2. The molecule has 3 heterocycles. The van der Waals surface area contributed by atoms with Gasteiger partial charge in [-0.2, -0.15) is 13.2 Å². The largest absolute Gasteiger partial charge is 0.462 e. The third-order valence-corrected chi connectivity index (χ3v) is 3.96. The topological polar surface area (TPSA) is 76.7 Å². The van der Waals surface area contributed by atoms with Crippen molar-refractivity contribution < 1.29 is 17.6 Å². The summed E-state index contributed by atoms with van der Waals surface area (Å²) in [4.78, 5) is 14.5. The van der Waals surface area contributed by atoms with Crippen molar-refractivity contribution in [3.63, 3.8) is 0 Å². The van der Waals surface area contributed by atoms with Crippen molar-refractivity contribution in [1.29, 1.82) is 0 Å². The second kappa shape index (κ2) is 5.73. The van der Waals surface area contributed by atoms with Crippen molar-refractivity contribution in [3.05, 3.63) is 63.9 Å². The van der Waals surface area contributed by atoms with Gasteiger partial charge in [-0.3, -0.25) is 4.79 Å². The van der Waals surface area contributed by atoms with Gasteiger partial charge in [-0.25, -0.2) is 4.68 Å². The Balaban J connectivity index is 1.98. The molecule has 0 spiro atoms. The Hall–Kier alpha value is -3.07. The quantitative estimate of drug-likeness (QED) is 0.569. The maximum atomic E-state index is 12.8. The van der Waals surface area contributed by atoms with Crippen LogP contribution in [0, 0.1) is 0 Å². The van der Waals surface area contributed by atoms with Crippen LogP contribution in [-0.4, -0.2) is 20.0 Å². The van der Waals surface area contributed by atoms with Gasteiger partial charge in [-0.1, -0.05) is 16.8 Å². The minimum Gasteiger partial charge on any atom is -0.462 e. The predicted octanol–water partition coefficient (Wildman–Crippen LogP) is 4.04. The van der Waals surface area contributed by atoms with E-state index in [9.17, 15) is 18.0 Å². The molecule has 0 atom stereocenters. The average Bonchev–Trinajstić information content (AvgIpc) is 3.22. The lowest BCUT2D eigenvalue weighted by Gasteiger charge is -2.10. The number of fused-ring (bicyclic) bond motifs is 1. The molecule has 0 aliphatic rings. The first-order chi connectivity index (χ1) is 12.3. The highest BCUT2D eigenvalue weighted by Gasteiger charge is 2.34. The number of halogens is 4. The molecule has 10 heteroatoms. The highest BCUT2D eigenvalue weighted by molar-refractivity contribution is 6.31. The first-order valence-corrected chi connectivity index (χ1v) is 7.61. The summed E-state index contributed by atoms with van der Waals surface area (Å²) in [6.45, 7) is 0. The van der Waals surface area contributed by atoms with Crippen LogP contribution in [0.25, 0.3) is 27.9 Å². The van der Waals surface area contributed by atoms with Crippen LogP contribution in [-0.2, 0) is 6.18 Å². The summed E-state index contributed by atoms with van der Waals surface area (Å²) in [5.74, 6) is 0. The minimum atomic E-state index is -4.62. The smallest absolute Gasteiger partial charge is 0.436 e. The fourth-order valence-electron chi connectivity index (χ4n) is 2.62. The van der Waals surface area contributed by atoms with Crippen LogP contribution in [0.4, 0.5) is 13.2 Å². The van der Waals surface area contributed by atoms with E-state index < -0.39 is 17.4 Å². The van der Waals surface area contributed by atoms with Crippen LogP contribution in [0.15, 0.2) is 52.0 Å². The van der Waals surface area contributed by atoms with E-state index >= 15 is 0 Å². The summed E-state index contributed by atoms with van der Waals surface area (Å²) in [7, 11) is 0. The molecule has 4 aromatic rings. The van der Waals surface area contributed by atoms with Crippen LogP contribution < -0.4 is 5.56 Å². The van der Waals surface area contributed by atoms with Crippen LogP contribution >= 0.6 is 11.6 Å². The molecule has 0 amide bonds. The number of benzene rings is 1. The second-order valence-corrected chi connectivity index (χ2v) is 5.85. The lowest BCUT2D eigenvalue weighted by molar-refractivity contribution is -0.141. The Morgan fingerprint density at radius 1 is 1.15 bits per heavy atom. The van der Waals surface area contributed by atoms with E-state index in [0.29, 0.717) is 27.2 Å². The van der Waals surface area contributed by atoms with Crippen LogP contribution in [0.5, 0.6) is 0 Å². The summed E-state index contributed by atoms with van der Waals surface area (Å²) in [6.07, 6.45) is -2.46. The van der Waals surface area contributed by atoms with Crippen molar-refractivity contribution >= 4 is 22.7 Å². The molecule has 1 N–H and O–H groups in total. The van der Waals surface area contributed by atoms with E-state index in [1.54, 1.807) is 6.07 Å². The van der Waals surface area contributed by atoms with Gasteiger partial charge in [-0.15, -0.1) is 5.10 Å². The van der Waals surface area contributed by atoms with Crippen molar-refractivity contribution in [2.75, 3.05) is 0 Å². The van der Waals surface area contributed by atoms with Crippen molar-refractivity contribution in [3.8, 4) is 16.8 Å². The van der Waals surface area contributed by atoms with Gasteiger partial charge in [-0.05, 0) is 18.2 Å². The van der Waals surface area contributed by atoms with Gasteiger partial charge >= 0.3 is 6.18 Å². The normalized spacial score (nSPS) is 12.0. The summed E-state index contributed by atoms with van der Waals surface area (Å²) in [5.41, 5.74) is 0.303. The zero-order valence-corrected chi connectivity index (χ0v) is 13.5. The van der Waals surface area contributed by atoms with E-state index in [2.05, 4.69) is 15.3 Å². The molecule has 3 aromatic heterocycles. The molecule has 26 heavy (non-hydrogen) atoms. The van der Waals surface area contributed by atoms with Gasteiger partial charge in [0, 0.05) is 28.3 Å². The molecule has 0 aliphatic heterocycles. The maximum absolute atomic E-state index is 12.8. The number of hydrogen-bond donors (Lipinski definition) is 1. The summed E-state index contributed by atoms with van der Waals surface area (Å²) in [5, 5.41) is 7.03. The van der Waals surface area contributed by atoms with Crippen molar-refractivity contribution in [2.45, 2.75) is 6.18 Å². The highest BCUT2D eigenvalue weighted by Crippen LogP contribution is 2.34. The minimum absolute atomic E-state index is 0.265. The number of H-pyrrole nitrogens is 1. The second-order valence-electron chi connectivity index (χ2n) is 5.42. The molecule has 4 rings (SSSR count). The Morgan fingerprint density at radius 3 is 2.69 bits per heavy atom. The third kappa shape index (κ3) is 2.76. The van der Waals surface area contributed by atoms with Crippen LogP contribution in [0.1, 0.15) is 5.69 Å². The van der Waals surface area contributed by atoms with Crippen molar-refractivity contribution in [2.24, 2.45) is 0 Å².